The fourth-order valence-electron chi connectivity index (χ4n) is 5.96. The first-order valence-corrected chi connectivity index (χ1v) is 15.4. The summed E-state index contributed by atoms with van der Waals surface area (Å²) in [5, 5.41) is 3.80. The summed E-state index contributed by atoms with van der Waals surface area (Å²) in [5.41, 5.74) is 7.61. The fourth-order valence-corrected chi connectivity index (χ4v) is 5.96. The van der Waals surface area contributed by atoms with Gasteiger partial charge in [0, 0.05) is 27.2 Å². The zero-order valence-electron chi connectivity index (χ0n) is 25.4. The number of hydrogen-bond donors (Lipinski definition) is 1. The van der Waals surface area contributed by atoms with Gasteiger partial charge in [-0.2, -0.15) is 0 Å². The Morgan fingerprint density at radius 3 is 2.02 bits per heavy atom. The van der Waals surface area contributed by atoms with Gasteiger partial charge in [0.1, 0.15) is 11.3 Å². The van der Waals surface area contributed by atoms with Crippen LogP contribution in [0.2, 0.25) is 0 Å². The predicted octanol–water partition coefficient (Wildman–Crippen LogP) is 9.37. The number of aromatic nitrogens is 7. The van der Waals surface area contributed by atoms with E-state index in [1.165, 1.54) is 0 Å². The Hall–Kier alpha value is -6.08. The number of hydrogen-bond acceptors (Lipinski definition) is 6. The van der Waals surface area contributed by atoms with Gasteiger partial charge < -0.3 is 4.98 Å². The van der Waals surface area contributed by atoms with Crippen molar-refractivity contribution in [2.45, 2.75) is 20.3 Å². The van der Waals surface area contributed by atoms with Gasteiger partial charge in [-0.05, 0) is 37.1 Å². The monoisotopic (exact) mass is 595 g/mol. The largest absolute Gasteiger partial charge is 0.339 e. The van der Waals surface area contributed by atoms with E-state index in [4.69, 9.17) is 29.9 Å². The van der Waals surface area contributed by atoms with Crippen LogP contribution in [0.25, 0.3) is 83.7 Å². The van der Waals surface area contributed by atoms with Crippen LogP contribution in [0, 0.1) is 0 Å². The van der Waals surface area contributed by atoms with Crippen molar-refractivity contribution in [1.29, 1.82) is 0 Å². The van der Waals surface area contributed by atoms with Gasteiger partial charge in [0.15, 0.2) is 17.5 Å². The molecule has 0 radical (unpaired) electrons. The van der Waals surface area contributed by atoms with Gasteiger partial charge in [-0.3, -0.25) is 0 Å². The summed E-state index contributed by atoms with van der Waals surface area (Å²) in [6.07, 6.45) is 7.25. The SMILES string of the molecule is C/C=C(\C=C/CC)c1nc(-c2nc(-c3nc(-c4ccccc4)c4ccccc4n3)c3c(n2)[nH]c2ccccc23)nc2ccccc12. The highest BCUT2D eigenvalue weighted by Gasteiger charge is 2.22. The molecular weight excluding hydrogens is 566 g/mol. The van der Waals surface area contributed by atoms with Crippen molar-refractivity contribution in [2.75, 3.05) is 0 Å². The lowest BCUT2D eigenvalue weighted by Crippen LogP contribution is -2.03. The van der Waals surface area contributed by atoms with Gasteiger partial charge in [-0.25, -0.2) is 29.9 Å². The van der Waals surface area contributed by atoms with Gasteiger partial charge >= 0.3 is 0 Å². The van der Waals surface area contributed by atoms with Crippen LogP contribution in [0.15, 0.2) is 121 Å². The molecule has 7 nitrogen and oxygen atoms in total. The van der Waals surface area contributed by atoms with Crippen LogP contribution in [0.4, 0.5) is 0 Å². The first-order chi connectivity index (χ1) is 22.7. The molecule has 0 atom stereocenters. The number of rotatable bonds is 6. The zero-order valence-corrected chi connectivity index (χ0v) is 25.4. The van der Waals surface area contributed by atoms with Gasteiger partial charge in [0.25, 0.3) is 0 Å². The van der Waals surface area contributed by atoms with Gasteiger partial charge in [0.2, 0.25) is 0 Å². The maximum atomic E-state index is 5.18. The molecule has 46 heavy (non-hydrogen) atoms. The molecule has 8 aromatic rings. The van der Waals surface area contributed by atoms with Crippen molar-refractivity contribution in [3.63, 3.8) is 0 Å². The molecule has 0 fully saturated rings. The average molecular weight is 596 g/mol. The Labute approximate surface area is 265 Å². The molecule has 0 saturated carbocycles. The summed E-state index contributed by atoms with van der Waals surface area (Å²) in [7, 11) is 0. The molecule has 4 heterocycles. The van der Waals surface area contributed by atoms with E-state index in [0.717, 1.165) is 67.0 Å². The quantitative estimate of drug-likeness (QED) is 0.193. The molecule has 0 aliphatic carbocycles. The lowest BCUT2D eigenvalue weighted by Gasteiger charge is -2.12. The average Bonchev–Trinajstić information content (AvgIpc) is 3.50. The van der Waals surface area contributed by atoms with E-state index in [2.05, 4.69) is 60.5 Å². The number of benzene rings is 4. The van der Waals surface area contributed by atoms with E-state index in [0.29, 0.717) is 28.8 Å². The summed E-state index contributed by atoms with van der Waals surface area (Å²) < 4.78 is 0. The van der Waals surface area contributed by atoms with E-state index in [9.17, 15) is 0 Å². The van der Waals surface area contributed by atoms with Gasteiger partial charge in [-0.15, -0.1) is 0 Å². The molecule has 8 rings (SSSR count). The van der Waals surface area contributed by atoms with Crippen LogP contribution in [0.3, 0.4) is 0 Å². The first-order valence-electron chi connectivity index (χ1n) is 15.4. The van der Waals surface area contributed by atoms with Crippen LogP contribution < -0.4 is 0 Å². The molecule has 0 aliphatic heterocycles. The summed E-state index contributed by atoms with van der Waals surface area (Å²) in [6, 6.07) is 34.5. The molecule has 4 aromatic carbocycles. The van der Waals surface area contributed by atoms with Gasteiger partial charge in [-0.1, -0.05) is 110 Å². The second-order valence-corrected chi connectivity index (χ2v) is 11.0. The van der Waals surface area contributed by atoms with E-state index in [1.54, 1.807) is 0 Å². The third-order valence-electron chi connectivity index (χ3n) is 8.14. The molecule has 0 unspecified atom stereocenters. The summed E-state index contributed by atoms with van der Waals surface area (Å²) in [4.78, 5) is 34.0. The van der Waals surface area contributed by atoms with E-state index < -0.39 is 0 Å². The molecule has 7 heteroatoms. The van der Waals surface area contributed by atoms with E-state index >= 15 is 0 Å². The van der Waals surface area contributed by atoms with Crippen LogP contribution in [-0.4, -0.2) is 34.9 Å². The molecular formula is C39H29N7. The first kappa shape index (κ1) is 27.5. The normalized spacial score (nSPS) is 12.3. The second kappa shape index (κ2) is 11.4. The highest BCUT2D eigenvalue weighted by molar-refractivity contribution is 6.12. The fraction of sp³-hybridized carbons (Fsp3) is 0.0769. The Morgan fingerprint density at radius 1 is 0.609 bits per heavy atom. The molecule has 220 valence electrons. The number of allylic oxidation sites excluding steroid dienone is 4. The third kappa shape index (κ3) is 4.70. The molecule has 0 saturated heterocycles. The molecule has 0 spiro atoms. The molecule has 1 N–H and O–H groups in total. The van der Waals surface area contributed by atoms with Crippen molar-refractivity contribution in [3.8, 4) is 34.4 Å². The summed E-state index contributed by atoms with van der Waals surface area (Å²) in [5.74, 6) is 1.34. The van der Waals surface area contributed by atoms with E-state index in [-0.39, 0.29) is 0 Å². The summed E-state index contributed by atoms with van der Waals surface area (Å²) >= 11 is 0. The predicted molar refractivity (Wildman–Crippen MR) is 187 cm³/mol. The van der Waals surface area contributed by atoms with Crippen LogP contribution in [-0.2, 0) is 0 Å². The molecule has 4 aromatic heterocycles. The van der Waals surface area contributed by atoms with Gasteiger partial charge in [0.05, 0.1) is 27.8 Å². The number of fused-ring (bicyclic) bond motifs is 5. The minimum absolute atomic E-state index is 0.397. The van der Waals surface area contributed by atoms with Crippen LogP contribution in [0.5, 0.6) is 0 Å². The number of aromatic amines is 1. The van der Waals surface area contributed by atoms with Crippen molar-refractivity contribution < 1.29 is 0 Å². The molecule has 0 bridgehead atoms. The van der Waals surface area contributed by atoms with Crippen molar-refractivity contribution in [3.05, 3.63) is 127 Å². The van der Waals surface area contributed by atoms with Crippen LogP contribution >= 0.6 is 0 Å². The van der Waals surface area contributed by atoms with Crippen LogP contribution in [0.1, 0.15) is 26.0 Å². The Balaban J connectivity index is 1.44. The number of nitrogens with zero attached hydrogens (tertiary/aromatic N) is 6. The highest BCUT2D eigenvalue weighted by atomic mass is 15.0. The molecule has 0 aliphatic rings. The zero-order chi connectivity index (χ0) is 31.0. The Kier molecular flexibility index (Phi) is 6.84. The van der Waals surface area contributed by atoms with Crippen molar-refractivity contribution >= 4 is 49.3 Å². The molecule has 0 amide bonds. The minimum Gasteiger partial charge on any atom is -0.339 e. The van der Waals surface area contributed by atoms with Crippen molar-refractivity contribution in [1.82, 2.24) is 34.9 Å². The Bertz CT molecular complexity index is 2480. The minimum atomic E-state index is 0.397. The lowest BCUT2D eigenvalue weighted by atomic mass is 10.1. The third-order valence-corrected chi connectivity index (χ3v) is 8.14. The maximum Gasteiger partial charge on any atom is 0.200 e. The number of H-pyrrole nitrogens is 1. The number of nitrogens with one attached hydrogen (secondary N) is 1. The highest BCUT2D eigenvalue weighted by Crippen LogP contribution is 2.36. The van der Waals surface area contributed by atoms with Crippen molar-refractivity contribution in [2.24, 2.45) is 0 Å². The number of para-hydroxylation sites is 3. The topological polar surface area (TPSA) is 93.1 Å². The van der Waals surface area contributed by atoms with E-state index in [1.807, 2.05) is 79.7 Å². The summed E-state index contributed by atoms with van der Waals surface area (Å²) in [6.45, 7) is 4.15. The lowest BCUT2D eigenvalue weighted by molar-refractivity contribution is 1.10. The maximum absolute atomic E-state index is 5.18. The standard InChI is InChI=1S/C39H29N7/c1-3-5-15-24(4-2)33-27-19-10-14-23-31(27)42-38(44-33)39-45-35(32-26-18-9-12-21-29(26)40-36(32)46-39)37-41-30-22-13-11-20-28(30)34(43-37)25-16-7-6-8-17-25/h4-23H,3H2,1-2H3,(H,40,45,46)/b15-5-,24-4+. The smallest absolute Gasteiger partial charge is 0.200 e. The Morgan fingerprint density at radius 2 is 1.24 bits per heavy atom. The second-order valence-electron chi connectivity index (χ2n) is 11.0.